The molecule has 0 bridgehead atoms. The molecule has 3 heterocycles. The molecule has 6 nitrogen and oxygen atoms in total. The van der Waals surface area contributed by atoms with Gasteiger partial charge in [-0.25, -0.2) is 0 Å². The lowest BCUT2D eigenvalue weighted by Gasteiger charge is -2.35. The Morgan fingerprint density at radius 2 is 2.31 bits per heavy atom. The van der Waals surface area contributed by atoms with Crippen LogP contribution in [-0.4, -0.2) is 53.5 Å². The third-order valence-electron chi connectivity index (χ3n) is 3.08. The first-order valence-electron chi connectivity index (χ1n) is 5.48. The highest BCUT2D eigenvalue weighted by molar-refractivity contribution is 5.38. The largest absolute Gasteiger partial charge is 0.388 e. The lowest BCUT2D eigenvalue weighted by molar-refractivity contribution is -0.280. The van der Waals surface area contributed by atoms with Gasteiger partial charge >= 0.3 is 0 Å². The maximum absolute atomic E-state index is 9.32. The Labute approximate surface area is 93.2 Å². The van der Waals surface area contributed by atoms with Gasteiger partial charge in [-0.2, -0.15) is 5.10 Å². The first kappa shape index (κ1) is 10.1. The van der Waals surface area contributed by atoms with Crippen LogP contribution in [0.25, 0.3) is 0 Å². The summed E-state index contributed by atoms with van der Waals surface area (Å²) in [5.41, 5.74) is 0. The fourth-order valence-corrected chi connectivity index (χ4v) is 2.20. The lowest BCUT2D eigenvalue weighted by atomic mass is 10.2. The average molecular weight is 225 g/mol. The SMILES string of the molecule is O[C@H]1CO[C@]2(CCN(c3cc[nH]n3)C2)OC1. The molecule has 16 heavy (non-hydrogen) atoms. The monoisotopic (exact) mass is 225 g/mol. The zero-order valence-electron chi connectivity index (χ0n) is 8.93. The fourth-order valence-electron chi connectivity index (χ4n) is 2.20. The Bertz CT molecular complexity index is 346. The molecule has 0 unspecified atom stereocenters. The van der Waals surface area contributed by atoms with Crippen molar-refractivity contribution >= 4 is 5.82 Å². The zero-order valence-corrected chi connectivity index (χ0v) is 8.93. The Kier molecular flexibility index (Phi) is 2.34. The number of nitrogens with one attached hydrogen (secondary N) is 1. The maximum atomic E-state index is 9.32. The lowest BCUT2D eigenvalue weighted by Crippen LogP contribution is -2.48. The summed E-state index contributed by atoms with van der Waals surface area (Å²) in [6, 6.07) is 1.93. The molecule has 2 N–H and O–H groups in total. The molecule has 3 rings (SSSR count). The summed E-state index contributed by atoms with van der Waals surface area (Å²) >= 11 is 0. The number of aromatic amines is 1. The third-order valence-corrected chi connectivity index (χ3v) is 3.08. The molecule has 0 saturated carbocycles. The number of hydrogen-bond acceptors (Lipinski definition) is 5. The van der Waals surface area contributed by atoms with Crippen LogP contribution in [0.5, 0.6) is 0 Å². The highest BCUT2D eigenvalue weighted by atomic mass is 16.7. The minimum absolute atomic E-state index is 0.356. The van der Waals surface area contributed by atoms with Gasteiger partial charge in [0.15, 0.2) is 11.6 Å². The van der Waals surface area contributed by atoms with Crippen LogP contribution in [0.4, 0.5) is 5.82 Å². The summed E-state index contributed by atoms with van der Waals surface area (Å²) < 4.78 is 11.2. The number of aliphatic hydroxyl groups is 1. The molecule has 2 aliphatic rings. The van der Waals surface area contributed by atoms with Gasteiger partial charge < -0.3 is 19.5 Å². The standard InChI is InChI=1S/C10H15N3O3/c14-8-5-15-10(16-6-8)2-4-13(7-10)9-1-3-11-12-9/h1,3,8,14H,2,4-7H2,(H,11,12)/t8-,10+. The van der Waals surface area contributed by atoms with Crippen molar-refractivity contribution < 1.29 is 14.6 Å². The number of anilines is 1. The molecule has 1 aromatic heterocycles. The van der Waals surface area contributed by atoms with Gasteiger partial charge in [-0.3, -0.25) is 5.10 Å². The summed E-state index contributed by atoms with van der Waals surface area (Å²) in [7, 11) is 0. The number of nitrogens with zero attached hydrogens (tertiary/aromatic N) is 2. The van der Waals surface area contributed by atoms with Crippen molar-refractivity contribution in [3.63, 3.8) is 0 Å². The molecule has 88 valence electrons. The van der Waals surface area contributed by atoms with Crippen molar-refractivity contribution in [2.75, 3.05) is 31.2 Å². The van der Waals surface area contributed by atoms with Crippen LogP contribution in [0.15, 0.2) is 12.3 Å². The van der Waals surface area contributed by atoms with E-state index in [1.54, 1.807) is 6.20 Å². The highest BCUT2D eigenvalue weighted by Crippen LogP contribution is 2.31. The molecule has 0 amide bonds. The molecule has 6 heteroatoms. The minimum atomic E-state index is -0.543. The van der Waals surface area contributed by atoms with Gasteiger partial charge in [0.1, 0.15) is 6.10 Å². The molecule has 0 aromatic carbocycles. The van der Waals surface area contributed by atoms with E-state index >= 15 is 0 Å². The molecule has 2 saturated heterocycles. The van der Waals surface area contributed by atoms with E-state index < -0.39 is 11.9 Å². The second-order valence-corrected chi connectivity index (χ2v) is 4.29. The van der Waals surface area contributed by atoms with Gasteiger partial charge in [0, 0.05) is 25.2 Å². The molecule has 0 atom stereocenters. The van der Waals surface area contributed by atoms with E-state index in [0.29, 0.717) is 19.8 Å². The summed E-state index contributed by atoms with van der Waals surface area (Å²) in [6.07, 6.45) is 2.12. The zero-order chi connectivity index (χ0) is 11.0. The van der Waals surface area contributed by atoms with Crippen molar-refractivity contribution in [3.8, 4) is 0 Å². The van der Waals surface area contributed by atoms with Crippen LogP contribution < -0.4 is 4.90 Å². The molecular formula is C10H15N3O3. The maximum Gasteiger partial charge on any atom is 0.187 e. The van der Waals surface area contributed by atoms with Crippen LogP contribution in [0.1, 0.15) is 6.42 Å². The van der Waals surface area contributed by atoms with E-state index in [2.05, 4.69) is 15.1 Å². The third kappa shape index (κ3) is 1.68. The van der Waals surface area contributed by atoms with Crippen LogP contribution in [-0.2, 0) is 9.47 Å². The van der Waals surface area contributed by atoms with E-state index in [-0.39, 0.29) is 0 Å². The molecular weight excluding hydrogens is 210 g/mol. The predicted molar refractivity (Wildman–Crippen MR) is 56.1 cm³/mol. The second-order valence-electron chi connectivity index (χ2n) is 4.29. The van der Waals surface area contributed by atoms with Gasteiger partial charge in [0.05, 0.1) is 19.8 Å². The van der Waals surface area contributed by atoms with Gasteiger partial charge in [0.25, 0.3) is 0 Å². The summed E-state index contributed by atoms with van der Waals surface area (Å²) in [4.78, 5) is 2.12. The first-order valence-corrected chi connectivity index (χ1v) is 5.48. The first-order chi connectivity index (χ1) is 7.77. The van der Waals surface area contributed by atoms with Crippen molar-refractivity contribution in [2.45, 2.75) is 18.3 Å². The van der Waals surface area contributed by atoms with Crippen LogP contribution in [0.2, 0.25) is 0 Å². The number of rotatable bonds is 1. The summed E-state index contributed by atoms with van der Waals surface area (Å²) in [5, 5.41) is 16.2. The van der Waals surface area contributed by atoms with Gasteiger partial charge in [-0.05, 0) is 0 Å². The van der Waals surface area contributed by atoms with E-state index in [4.69, 9.17) is 9.47 Å². The van der Waals surface area contributed by atoms with Crippen molar-refractivity contribution in [1.82, 2.24) is 10.2 Å². The number of H-pyrrole nitrogens is 1. The van der Waals surface area contributed by atoms with E-state index in [9.17, 15) is 5.11 Å². The molecule has 2 aliphatic heterocycles. The molecule has 0 aliphatic carbocycles. The molecule has 2 fully saturated rings. The number of aliphatic hydroxyl groups excluding tert-OH is 1. The second kappa shape index (κ2) is 3.73. The number of aromatic nitrogens is 2. The quantitative estimate of drug-likeness (QED) is 0.688. The Balaban J connectivity index is 1.68. The van der Waals surface area contributed by atoms with E-state index in [0.717, 1.165) is 18.8 Å². The normalized spacial score (nSPS) is 34.8. The van der Waals surface area contributed by atoms with Gasteiger partial charge in [0.2, 0.25) is 0 Å². The molecule has 1 spiro atoms. The van der Waals surface area contributed by atoms with Gasteiger partial charge in [-0.1, -0.05) is 0 Å². The highest BCUT2D eigenvalue weighted by Gasteiger charge is 2.44. The van der Waals surface area contributed by atoms with Crippen LogP contribution in [0.3, 0.4) is 0 Å². The summed E-state index contributed by atoms with van der Waals surface area (Å²) in [6.45, 7) is 2.24. The summed E-state index contributed by atoms with van der Waals surface area (Å²) in [5.74, 6) is 0.369. The van der Waals surface area contributed by atoms with Crippen molar-refractivity contribution in [3.05, 3.63) is 12.3 Å². The Hall–Kier alpha value is -1.11. The Morgan fingerprint density at radius 3 is 3.00 bits per heavy atom. The number of ether oxygens (including phenoxy) is 2. The molecule has 0 radical (unpaired) electrons. The van der Waals surface area contributed by atoms with Crippen molar-refractivity contribution in [2.24, 2.45) is 0 Å². The van der Waals surface area contributed by atoms with Crippen LogP contribution >= 0.6 is 0 Å². The predicted octanol–water partition coefficient (Wildman–Crippen LogP) is -0.276. The van der Waals surface area contributed by atoms with E-state index in [1.807, 2.05) is 6.07 Å². The smallest absolute Gasteiger partial charge is 0.187 e. The number of hydrogen-bond donors (Lipinski definition) is 2. The minimum Gasteiger partial charge on any atom is -0.388 e. The fraction of sp³-hybridized carbons (Fsp3) is 0.700. The van der Waals surface area contributed by atoms with Crippen LogP contribution in [0, 0.1) is 0 Å². The molecule has 1 aromatic rings. The van der Waals surface area contributed by atoms with Gasteiger partial charge in [-0.15, -0.1) is 0 Å². The topological polar surface area (TPSA) is 70.6 Å². The average Bonchev–Trinajstić information content (AvgIpc) is 2.93. The van der Waals surface area contributed by atoms with Crippen molar-refractivity contribution in [1.29, 1.82) is 0 Å². The Morgan fingerprint density at radius 1 is 1.50 bits per heavy atom. The van der Waals surface area contributed by atoms with E-state index in [1.165, 1.54) is 0 Å².